The number of carbonyl (C=O) groups is 1. The first-order valence-corrected chi connectivity index (χ1v) is 13.1. The molecule has 2 aromatic carbocycles. The van der Waals surface area contributed by atoms with Crippen molar-refractivity contribution in [2.75, 3.05) is 12.4 Å². The van der Waals surface area contributed by atoms with Crippen LogP contribution >= 0.6 is 11.8 Å². The number of H-pyrrole nitrogens is 1. The normalized spacial score (nSPS) is 15.3. The minimum atomic E-state index is -0.278. The molecule has 4 aromatic rings. The zero-order valence-corrected chi connectivity index (χ0v) is 21.0. The van der Waals surface area contributed by atoms with Gasteiger partial charge in [0.05, 0.1) is 18.9 Å². The average Bonchev–Trinajstić information content (AvgIpc) is 3.51. The van der Waals surface area contributed by atoms with Crippen LogP contribution in [0.3, 0.4) is 0 Å². The average molecular weight is 490 g/mol. The Bertz CT molecular complexity index is 1310. The fourth-order valence-electron chi connectivity index (χ4n) is 4.83. The Balaban J connectivity index is 1.37. The molecule has 0 saturated heterocycles. The number of aromatic amines is 1. The number of nitrogens with zero attached hydrogens (tertiary/aromatic N) is 3. The van der Waals surface area contributed by atoms with E-state index in [4.69, 9.17) is 4.74 Å². The summed E-state index contributed by atoms with van der Waals surface area (Å²) < 4.78 is 7.62. The summed E-state index contributed by atoms with van der Waals surface area (Å²) in [5.74, 6) is 1.81. The molecule has 2 heterocycles. The van der Waals surface area contributed by atoms with E-state index in [1.165, 1.54) is 31.0 Å². The van der Waals surface area contributed by atoms with Crippen molar-refractivity contribution in [3.05, 3.63) is 66.1 Å². The molecule has 2 N–H and O–H groups in total. The van der Waals surface area contributed by atoms with Crippen molar-refractivity contribution in [1.82, 2.24) is 19.7 Å². The molecule has 1 saturated carbocycles. The Hall–Kier alpha value is -3.26. The highest BCUT2D eigenvalue weighted by molar-refractivity contribution is 8.00. The molecule has 1 aliphatic rings. The van der Waals surface area contributed by atoms with Crippen LogP contribution in [-0.4, -0.2) is 37.9 Å². The van der Waals surface area contributed by atoms with Gasteiger partial charge < -0.3 is 19.6 Å². The molecule has 0 spiro atoms. The van der Waals surface area contributed by atoms with E-state index in [-0.39, 0.29) is 11.0 Å². The molecule has 1 fully saturated rings. The lowest BCUT2D eigenvalue weighted by Gasteiger charge is -2.26. The number of carbonyl (C=O) groups excluding carboxylic acids is 1. The van der Waals surface area contributed by atoms with E-state index >= 15 is 0 Å². The fourth-order valence-corrected chi connectivity index (χ4v) is 5.84. The van der Waals surface area contributed by atoms with Gasteiger partial charge in [-0.3, -0.25) is 4.79 Å². The molecule has 1 aliphatic carbocycles. The monoisotopic (exact) mass is 489 g/mol. The maximum absolute atomic E-state index is 13.4. The number of methoxy groups -OCH3 is 1. The smallest absolute Gasteiger partial charge is 0.192 e. The van der Waals surface area contributed by atoms with E-state index in [1.54, 1.807) is 7.11 Å². The molecule has 2 aromatic heterocycles. The molecule has 0 radical (unpaired) electrons. The van der Waals surface area contributed by atoms with Crippen LogP contribution in [0.4, 0.5) is 5.69 Å². The van der Waals surface area contributed by atoms with Gasteiger partial charge >= 0.3 is 0 Å². The van der Waals surface area contributed by atoms with E-state index in [9.17, 15) is 4.79 Å². The lowest BCUT2D eigenvalue weighted by molar-refractivity contribution is 0.0995. The topological polar surface area (TPSA) is 84.8 Å². The number of hydrogen-bond donors (Lipinski definition) is 2. The number of rotatable bonds is 9. The number of hydrogen-bond acceptors (Lipinski definition) is 6. The van der Waals surface area contributed by atoms with E-state index in [0.29, 0.717) is 12.6 Å². The van der Waals surface area contributed by atoms with Crippen molar-refractivity contribution in [3.8, 4) is 5.75 Å². The van der Waals surface area contributed by atoms with E-state index in [1.807, 2.05) is 61.7 Å². The summed E-state index contributed by atoms with van der Waals surface area (Å²) in [5.41, 5.74) is 2.67. The zero-order valence-electron chi connectivity index (χ0n) is 20.2. The maximum Gasteiger partial charge on any atom is 0.192 e. The Labute approximate surface area is 209 Å². The Morgan fingerprint density at radius 1 is 1.17 bits per heavy atom. The van der Waals surface area contributed by atoms with Gasteiger partial charge in [0, 0.05) is 40.5 Å². The van der Waals surface area contributed by atoms with Crippen LogP contribution in [0.15, 0.2) is 59.9 Å². The second-order valence-corrected chi connectivity index (χ2v) is 10.3. The van der Waals surface area contributed by atoms with Gasteiger partial charge in [0.15, 0.2) is 16.8 Å². The molecule has 1 atom stereocenters. The highest BCUT2D eigenvalue weighted by atomic mass is 32.2. The number of benzene rings is 2. The van der Waals surface area contributed by atoms with Gasteiger partial charge in [-0.05, 0) is 38.0 Å². The summed E-state index contributed by atoms with van der Waals surface area (Å²) in [5, 5.41) is 14.1. The van der Waals surface area contributed by atoms with Crippen molar-refractivity contribution in [2.24, 2.45) is 0 Å². The third kappa shape index (κ3) is 5.07. The number of nitrogens with one attached hydrogen (secondary N) is 2. The zero-order chi connectivity index (χ0) is 24.2. The summed E-state index contributed by atoms with van der Waals surface area (Å²) in [6, 6.07) is 16.2. The van der Waals surface area contributed by atoms with E-state index in [0.717, 1.165) is 51.7 Å². The molecule has 8 heteroatoms. The summed E-state index contributed by atoms with van der Waals surface area (Å²) >= 11 is 1.51. The molecular formula is C27H31N5O2S. The highest BCUT2D eigenvalue weighted by Gasteiger charge is 2.27. The van der Waals surface area contributed by atoms with Gasteiger partial charge in [-0.15, -0.1) is 10.2 Å². The summed E-state index contributed by atoms with van der Waals surface area (Å²) in [4.78, 5) is 16.6. The van der Waals surface area contributed by atoms with Gasteiger partial charge in [-0.1, -0.05) is 55.3 Å². The molecule has 0 aliphatic heterocycles. The second kappa shape index (κ2) is 10.6. The molecule has 35 heavy (non-hydrogen) atoms. The van der Waals surface area contributed by atoms with Gasteiger partial charge in [0.25, 0.3) is 0 Å². The van der Waals surface area contributed by atoms with E-state index in [2.05, 4.69) is 25.1 Å². The third-order valence-corrected chi connectivity index (χ3v) is 7.76. The molecule has 5 rings (SSSR count). The predicted octanol–water partition coefficient (Wildman–Crippen LogP) is 6.25. The second-order valence-electron chi connectivity index (χ2n) is 9.02. The Morgan fingerprint density at radius 3 is 2.83 bits per heavy atom. The van der Waals surface area contributed by atoms with Crippen molar-refractivity contribution >= 4 is 34.1 Å². The minimum Gasteiger partial charge on any atom is -0.497 e. The third-order valence-electron chi connectivity index (χ3n) is 6.70. The summed E-state index contributed by atoms with van der Waals surface area (Å²) in [6.45, 7) is 2.52. The van der Waals surface area contributed by atoms with Crippen LogP contribution in [0, 0.1) is 0 Å². The number of ether oxygens (including phenoxy) is 1. The van der Waals surface area contributed by atoms with Gasteiger partial charge in [-0.25, -0.2) is 0 Å². The quantitative estimate of drug-likeness (QED) is 0.214. The minimum absolute atomic E-state index is 0.0988. The van der Waals surface area contributed by atoms with Gasteiger partial charge in [0.2, 0.25) is 0 Å². The number of fused-ring (bicyclic) bond motifs is 1. The SMILES string of the molecule is COc1cccc(NCc2nnc(SC(C)C(=O)c3c[nH]c4ccccc34)n2C2CCCCC2)c1. The Kier molecular flexibility index (Phi) is 7.08. The lowest BCUT2D eigenvalue weighted by Crippen LogP contribution is -2.20. The summed E-state index contributed by atoms with van der Waals surface area (Å²) in [7, 11) is 1.67. The number of Topliss-reactive ketones (excluding diaryl/α,β-unsaturated/α-hetero) is 1. The lowest BCUT2D eigenvalue weighted by atomic mass is 9.95. The van der Waals surface area contributed by atoms with E-state index < -0.39 is 0 Å². The number of aromatic nitrogens is 4. The molecular weight excluding hydrogens is 458 g/mol. The molecule has 0 bridgehead atoms. The molecule has 1 unspecified atom stereocenters. The number of para-hydroxylation sites is 1. The van der Waals surface area contributed by atoms with Crippen LogP contribution in [0.25, 0.3) is 10.9 Å². The molecule has 7 nitrogen and oxygen atoms in total. The van der Waals surface area contributed by atoms with Crippen molar-refractivity contribution in [1.29, 1.82) is 0 Å². The van der Waals surface area contributed by atoms with Gasteiger partial charge in [0.1, 0.15) is 5.75 Å². The van der Waals surface area contributed by atoms with Crippen LogP contribution in [0.5, 0.6) is 5.75 Å². The van der Waals surface area contributed by atoms with Crippen LogP contribution in [0.1, 0.15) is 61.3 Å². The number of ketones is 1. The van der Waals surface area contributed by atoms with Crippen molar-refractivity contribution < 1.29 is 9.53 Å². The van der Waals surface area contributed by atoms with Gasteiger partial charge in [-0.2, -0.15) is 0 Å². The first-order chi connectivity index (χ1) is 17.1. The molecule has 0 amide bonds. The molecule has 182 valence electrons. The van der Waals surface area contributed by atoms with Crippen molar-refractivity contribution in [2.45, 2.75) is 62.0 Å². The maximum atomic E-state index is 13.4. The number of thioether (sulfide) groups is 1. The number of anilines is 1. The Morgan fingerprint density at radius 2 is 2.00 bits per heavy atom. The van der Waals surface area contributed by atoms with Crippen LogP contribution in [-0.2, 0) is 6.54 Å². The van der Waals surface area contributed by atoms with Crippen molar-refractivity contribution in [3.63, 3.8) is 0 Å². The first-order valence-electron chi connectivity index (χ1n) is 12.2. The fraction of sp³-hybridized carbons (Fsp3) is 0.370. The predicted molar refractivity (Wildman–Crippen MR) is 140 cm³/mol. The first kappa shape index (κ1) is 23.5. The van der Waals surface area contributed by atoms with Crippen LogP contribution in [0.2, 0.25) is 0 Å². The highest BCUT2D eigenvalue weighted by Crippen LogP contribution is 2.35. The van der Waals surface area contributed by atoms with Crippen LogP contribution < -0.4 is 10.1 Å². The largest absolute Gasteiger partial charge is 0.497 e. The summed E-state index contributed by atoms with van der Waals surface area (Å²) in [6.07, 6.45) is 7.73. The standard InChI is InChI=1S/C27H31N5O2S/c1-18(26(33)23-16-29-24-14-7-6-13-22(23)24)35-27-31-30-25(32(27)20-10-4-3-5-11-20)17-28-19-9-8-12-21(15-19)34-2/h6-9,12-16,18,20,28-29H,3-5,10-11,17H2,1-2H3.